The van der Waals surface area contributed by atoms with Crippen molar-refractivity contribution in [2.75, 3.05) is 19.8 Å². The van der Waals surface area contributed by atoms with Gasteiger partial charge in [0.25, 0.3) is 5.91 Å². The van der Waals surface area contributed by atoms with Gasteiger partial charge in [-0.1, -0.05) is 30.3 Å². The fraction of sp³-hybridized carbons (Fsp3) is 0.467. The molecule has 1 aliphatic rings. The molecular formula is C15H20N2O4. The molecule has 0 spiro atoms. The zero-order valence-electron chi connectivity index (χ0n) is 11.8. The van der Waals surface area contributed by atoms with Gasteiger partial charge in [-0.05, 0) is 18.4 Å². The van der Waals surface area contributed by atoms with Crippen molar-refractivity contribution in [1.82, 2.24) is 4.90 Å². The Labute approximate surface area is 123 Å². The lowest BCUT2D eigenvalue weighted by atomic mass is 10.1. The second kappa shape index (κ2) is 7.19. The van der Waals surface area contributed by atoms with Crippen LogP contribution in [-0.4, -0.2) is 53.7 Å². The molecular weight excluding hydrogens is 272 g/mol. The summed E-state index contributed by atoms with van der Waals surface area (Å²) in [4.78, 5) is 24.9. The molecule has 6 heteroatoms. The quantitative estimate of drug-likeness (QED) is 0.779. The highest BCUT2D eigenvalue weighted by Crippen LogP contribution is 2.12. The Bertz CT molecular complexity index is 492. The summed E-state index contributed by atoms with van der Waals surface area (Å²) in [7, 11) is 0. The van der Waals surface area contributed by atoms with E-state index >= 15 is 0 Å². The molecule has 2 rings (SSSR count). The van der Waals surface area contributed by atoms with Crippen LogP contribution in [0.2, 0.25) is 0 Å². The monoisotopic (exact) mass is 292 g/mol. The maximum absolute atomic E-state index is 12.2. The van der Waals surface area contributed by atoms with Crippen molar-refractivity contribution >= 4 is 11.8 Å². The van der Waals surface area contributed by atoms with Crippen LogP contribution in [0.3, 0.4) is 0 Å². The Balaban J connectivity index is 1.93. The number of nitrogens with zero attached hydrogens (tertiary/aromatic N) is 1. The second-order valence-corrected chi connectivity index (χ2v) is 5.06. The average molecular weight is 292 g/mol. The van der Waals surface area contributed by atoms with Gasteiger partial charge in [0, 0.05) is 6.54 Å². The van der Waals surface area contributed by atoms with Crippen LogP contribution in [0.15, 0.2) is 30.3 Å². The molecule has 0 aromatic heterocycles. The van der Waals surface area contributed by atoms with E-state index < -0.39 is 24.0 Å². The third kappa shape index (κ3) is 4.03. The molecule has 1 fully saturated rings. The molecule has 1 unspecified atom stereocenters. The summed E-state index contributed by atoms with van der Waals surface area (Å²) >= 11 is 0. The number of rotatable bonds is 5. The maximum atomic E-state index is 12.2. The minimum Gasteiger partial charge on any atom is -0.383 e. The molecule has 6 nitrogen and oxygen atoms in total. The van der Waals surface area contributed by atoms with Crippen LogP contribution < -0.4 is 5.73 Å². The molecule has 0 saturated carbocycles. The molecule has 114 valence electrons. The van der Waals surface area contributed by atoms with Gasteiger partial charge in [0.05, 0.1) is 13.2 Å². The molecule has 1 saturated heterocycles. The number of ether oxygens (including phenoxy) is 1. The number of amides is 2. The van der Waals surface area contributed by atoms with Gasteiger partial charge < -0.3 is 20.5 Å². The number of hydrogen-bond acceptors (Lipinski definition) is 4. The van der Waals surface area contributed by atoms with E-state index in [1.807, 2.05) is 30.3 Å². The summed E-state index contributed by atoms with van der Waals surface area (Å²) in [5, 5.41) is 10.0. The zero-order valence-corrected chi connectivity index (χ0v) is 11.8. The standard InChI is InChI=1S/C15H20N2O4/c16-14(19)12-10-21-9-8-17(12)15(20)13(18)7-6-11-4-2-1-3-5-11/h1-5,12-13,18H,6-10H2,(H2,16,19)/t12?,13-/m1/s1. The fourth-order valence-corrected chi connectivity index (χ4v) is 2.37. The van der Waals surface area contributed by atoms with Crippen LogP contribution >= 0.6 is 0 Å². The predicted molar refractivity (Wildman–Crippen MR) is 76.3 cm³/mol. The van der Waals surface area contributed by atoms with E-state index in [0.29, 0.717) is 19.4 Å². The highest BCUT2D eigenvalue weighted by Gasteiger charge is 2.34. The van der Waals surface area contributed by atoms with Crippen LogP contribution in [-0.2, 0) is 20.7 Å². The summed E-state index contributed by atoms with van der Waals surface area (Å²) in [6, 6.07) is 8.83. The minimum atomic E-state index is -1.13. The lowest BCUT2D eigenvalue weighted by Gasteiger charge is -2.34. The van der Waals surface area contributed by atoms with E-state index in [9.17, 15) is 14.7 Å². The third-order valence-corrected chi connectivity index (χ3v) is 3.57. The molecule has 0 radical (unpaired) electrons. The second-order valence-electron chi connectivity index (χ2n) is 5.06. The summed E-state index contributed by atoms with van der Waals surface area (Å²) in [6.45, 7) is 0.711. The third-order valence-electron chi connectivity index (χ3n) is 3.57. The van der Waals surface area contributed by atoms with Crippen molar-refractivity contribution in [1.29, 1.82) is 0 Å². The van der Waals surface area contributed by atoms with Gasteiger partial charge in [0.1, 0.15) is 12.1 Å². The van der Waals surface area contributed by atoms with Crippen molar-refractivity contribution in [2.24, 2.45) is 5.73 Å². The van der Waals surface area contributed by atoms with Crippen LogP contribution in [0.1, 0.15) is 12.0 Å². The topological polar surface area (TPSA) is 92.9 Å². The van der Waals surface area contributed by atoms with Gasteiger partial charge in [0.15, 0.2) is 0 Å². The highest BCUT2D eigenvalue weighted by atomic mass is 16.5. The van der Waals surface area contributed by atoms with Crippen molar-refractivity contribution in [3.8, 4) is 0 Å². The normalized spacial score (nSPS) is 20.0. The van der Waals surface area contributed by atoms with Gasteiger partial charge >= 0.3 is 0 Å². The van der Waals surface area contributed by atoms with Crippen LogP contribution in [0, 0.1) is 0 Å². The highest BCUT2D eigenvalue weighted by molar-refractivity contribution is 5.88. The predicted octanol–water partition coefficient (Wildman–Crippen LogP) is -0.307. The van der Waals surface area contributed by atoms with Crippen molar-refractivity contribution < 1.29 is 19.4 Å². The maximum Gasteiger partial charge on any atom is 0.252 e. The Morgan fingerprint density at radius 1 is 1.38 bits per heavy atom. The molecule has 1 heterocycles. The average Bonchev–Trinajstić information content (AvgIpc) is 2.52. The Morgan fingerprint density at radius 2 is 2.10 bits per heavy atom. The van der Waals surface area contributed by atoms with E-state index in [1.54, 1.807) is 0 Å². The zero-order chi connectivity index (χ0) is 15.2. The lowest BCUT2D eigenvalue weighted by molar-refractivity contribution is -0.154. The Hall–Kier alpha value is -1.92. The molecule has 2 amide bonds. The SMILES string of the molecule is NC(=O)C1COCCN1C(=O)[C@H](O)CCc1ccccc1. The molecule has 0 bridgehead atoms. The van der Waals surface area contributed by atoms with Crippen LogP contribution in [0.5, 0.6) is 0 Å². The Morgan fingerprint density at radius 3 is 2.76 bits per heavy atom. The number of aryl methyl sites for hydroxylation is 1. The first-order valence-electron chi connectivity index (χ1n) is 6.99. The summed E-state index contributed by atoms with van der Waals surface area (Å²) in [6.07, 6.45) is -0.226. The van der Waals surface area contributed by atoms with Crippen LogP contribution in [0.25, 0.3) is 0 Å². The largest absolute Gasteiger partial charge is 0.383 e. The van der Waals surface area contributed by atoms with Gasteiger partial charge in [0.2, 0.25) is 5.91 Å². The number of carbonyl (C=O) groups excluding carboxylic acids is 2. The van der Waals surface area contributed by atoms with Crippen LogP contribution in [0.4, 0.5) is 0 Å². The van der Waals surface area contributed by atoms with E-state index in [0.717, 1.165) is 5.56 Å². The summed E-state index contributed by atoms with van der Waals surface area (Å²) in [5.41, 5.74) is 6.32. The fourth-order valence-electron chi connectivity index (χ4n) is 2.37. The van der Waals surface area contributed by atoms with E-state index in [-0.39, 0.29) is 13.2 Å². The molecule has 3 N–H and O–H groups in total. The van der Waals surface area contributed by atoms with Crippen molar-refractivity contribution in [3.05, 3.63) is 35.9 Å². The van der Waals surface area contributed by atoms with Gasteiger partial charge in [-0.15, -0.1) is 0 Å². The minimum absolute atomic E-state index is 0.0898. The number of benzene rings is 1. The van der Waals surface area contributed by atoms with Crippen molar-refractivity contribution in [2.45, 2.75) is 25.0 Å². The van der Waals surface area contributed by atoms with E-state index in [2.05, 4.69) is 0 Å². The molecule has 1 aromatic carbocycles. The first kappa shape index (κ1) is 15.5. The van der Waals surface area contributed by atoms with Crippen molar-refractivity contribution in [3.63, 3.8) is 0 Å². The summed E-state index contributed by atoms with van der Waals surface area (Å²) < 4.78 is 5.16. The molecule has 2 atom stereocenters. The first-order valence-corrected chi connectivity index (χ1v) is 6.99. The number of nitrogens with two attached hydrogens (primary N) is 1. The smallest absolute Gasteiger partial charge is 0.252 e. The molecule has 1 aromatic rings. The summed E-state index contributed by atoms with van der Waals surface area (Å²) in [5.74, 6) is -1.07. The molecule has 0 aliphatic carbocycles. The molecule has 1 aliphatic heterocycles. The number of primary amides is 1. The Kier molecular flexibility index (Phi) is 5.30. The molecule has 21 heavy (non-hydrogen) atoms. The number of aliphatic hydroxyl groups is 1. The number of hydrogen-bond donors (Lipinski definition) is 2. The number of morpholine rings is 1. The first-order chi connectivity index (χ1) is 10.1. The van der Waals surface area contributed by atoms with Gasteiger partial charge in [-0.25, -0.2) is 0 Å². The van der Waals surface area contributed by atoms with E-state index in [4.69, 9.17) is 10.5 Å². The van der Waals surface area contributed by atoms with Gasteiger partial charge in [-0.3, -0.25) is 9.59 Å². The van der Waals surface area contributed by atoms with E-state index in [1.165, 1.54) is 4.90 Å². The number of carbonyl (C=O) groups is 2. The lowest BCUT2D eigenvalue weighted by Crippen LogP contribution is -2.57. The van der Waals surface area contributed by atoms with Gasteiger partial charge in [-0.2, -0.15) is 0 Å². The number of aliphatic hydroxyl groups excluding tert-OH is 1.